The van der Waals surface area contributed by atoms with Crippen molar-refractivity contribution in [1.29, 1.82) is 0 Å². The molecule has 0 aliphatic rings. The molecule has 0 atom stereocenters. The molecule has 1 rings (SSSR count). The number of nitrogens with zero attached hydrogens (tertiary/aromatic N) is 1. The molecule has 0 aliphatic heterocycles. The fourth-order valence-electron chi connectivity index (χ4n) is 1.59. The van der Waals surface area contributed by atoms with Gasteiger partial charge in [-0.2, -0.15) is 0 Å². The highest BCUT2D eigenvalue weighted by Gasteiger charge is 2.28. The summed E-state index contributed by atoms with van der Waals surface area (Å²) in [5, 5.41) is 0.653. The summed E-state index contributed by atoms with van der Waals surface area (Å²) in [5.74, 6) is -0.699. The van der Waals surface area contributed by atoms with Crippen LogP contribution in [0.3, 0.4) is 0 Å². The van der Waals surface area contributed by atoms with Crippen LogP contribution >= 0.6 is 11.3 Å². The minimum atomic E-state index is -0.484. The predicted octanol–water partition coefficient (Wildman–Crippen LogP) is 2.41. The number of rotatable bonds is 5. The van der Waals surface area contributed by atoms with Gasteiger partial charge in [0, 0.05) is 20.0 Å². The lowest BCUT2D eigenvalue weighted by Gasteiger charge is -2.12. The number of hydrogen-bond acceptors (Lipinski definition) is 6. The Hall–Kier alpha value is -1.56. The summed E-state index contributed by atoms with van der Waals surface area (Å²) in [4.78, 5) is 26.3. The number of ether oxygens (including phenoxy) is 1. The van der Waals surface area contributed by atoms with Crippen LogP contribution in [0.5, 0.6) is 0 Å². The third-order valence-electron chi connectivity index (χ3n) is 2.56. The largest absolute Gasteiger partial charge is 0.462 e. The molecule has 0 aliphatic carbocycles. The van der Waals surface area contributed by atoms with E-state index in [0.29, 0.717) is 15.4 Å². The Morgan fingerprint density at radius 1 is 1.37 bits per heavy atom. The van der Waals surface area contributed by atoms with Gasteiger partial charge in [-0.25, -0.2) is 4.79 Å². The highest BCUT2D eigenvalue weighted by atomic mass is 32.1. The van der Waals surface area contributed by atoms with Crippen LogP contribution in [0, 0.1) is 5.92 Å². The van der Waals surface area contributed by atoms with E-state index in [-0.39, 0.29) is 24.0 Å². The van der Waals surface area contributed by atoms with Crippen molar-refractivity contribution in [3.8, 4) is 0 Å². The lowest BCUT2D eigenvalue weighted by molar-refractivity contribution is 0.0529. The van der Waals surface area contributed by atoms with Crippen LogP contribution in [0.4, 0.5) is 10.7 Å². The first-order chi connectivity index (χ1) is 8.81. The van der Waals surface area contributed by atoms with Gasteiger partial charge in [0.1, 0.15) is 10.6 Å². The van der Waals surface area contributed by atoms with Gasteiger partial charge in [-0.15, -0.1) is 11.3 Å². The molecule has 0 aromatic carbocycles. The number of esters is 1. The Kier molecular flexibility index (Phi) is 4.94. The van der Waals surface area contributed by atoms with Gasteiger partial charge < -0.3 is 15.4 Å². The van der Waals surface area contributed by atoms with Crippen LogP contribution in [0.15, 0.2) is 0 Å². The summed E-state index contributed by atoms with van der Waals surface area (Å²) >= 11 is 1.24. The minimum Gasteiger partial charge on any atom is -0.462 e. The molecule has 19 heavy (non-hydrogen) atoms. The van der Waals surface area contributed by atoms with E-state index >= 15 is 0 Å². The van der Waals surface area contributed by atoms with Crippen LogP contribution in [0.1, 0.15) is 40.8 Å². The third kappa shape index (κ3) is 3.07. The van der Waals surface area contributed by atoms with Crippen LogP contribution in [0.2, 0.25) is 0 Å². The second-order valence-electron chi connectivity index (χ2n) is 4.66. The summed E-state index contributed by atoms with van der Waals surface area (Å²) in [6, 6.07) is 0. The molecule has 0 radical (unpaired) electrons. The Balaban J connectivity index is 3.36. The van der Waals surface area contributed by atoms with Crippen molar-refractivity contribution in [2.45, 2.75) is 20.8 Å². The third-order valence-corrected chi connectivity index (χ3v) is 3.95. The Bertz CT molecular complexity index is 492. The zero-order valence-corrected chi connectivity index (χ0v) is 12.8. The molecule has 0 saturated heterocycles. The Labute approximate surface area is 117 Å². The number of ketones is 1. The molecule has 0 amide bonds. The molecule has 0 spiro atoms. The number of carbonyl (C=O) groups excluding carboxylic acids is 2. The van der Waals surface area contributed by atoms with Crippen molar-refractivity contribution >= 4 is 33.8 Å². The monoisotopic (exact) mass is 284 g/mol. The molecule has 0 unspecified atom stereocenters. The Morgan fingerprint density at radius 2 is 1.95 bits per heavy atom. The quantitative estimate of drug-likeness (QED) is 0.664. The second kappa shape index (κ2) is 6.06. The normalized spacial score (nSPS) is 10.6. The molecule has 106 valence electrons. The fraction of sp³-hybridized carbons (Fsp3) is 0.538. The van der Waals surface area contributed by atoms with E-state index in [1.807, 2.05) is 0 Å². The van der Waals surface area contributed by atoms with E-state index in [9.17, 15) is 9.59 Å². The van der Waals surface area contributed by atoms with E-state index in [2.05, 4.69) is 0 Å². The van der Waals surface area contributed by atoms with Crippen LogP contribution in [-0.2, 0) is 4.74 Å². The van der Waals surface area contributed by atoms with Gasteiger partial charge >= 0.3 is 5.97 Å². The number of anilines is 2. The van der Waals surface area contributed by atoms with Gasteiger partial charge in [0.05, 0.1) is 17.2 Å². The van der Waals surface area contributed by atoms with Gasteiger partial charge in [-0.05, 0) is 6.92 Å². The van der Waals surface area contributed by atoms with Crippen molar-refractivity contribution in [3.05, 3.63) is 10.4 Å². The van der Waals surface area contributed by atoms with Gasteiger partial charge in [0.25, 0.3) is 0 Å². The molecule has 0 saturated carbocycles. The SMILES string of the molecule is CCOC(=O)c1c(N(C)C)sc(C(=O)C(C)C)c1N. The predicted molar refractivity (Wildman–Crippen MR) is 78.2 cm³/mol. The van der Waals surface area contributed by atoms with Crippen molar-refractivity contribution in [1.82, 2.24) is 0 Å². The van der Waals surface area contributed by atoms with Crippen LogP contribution < -0.4 is 10.6 Å². The highest BCUT2D eigenvalue weighted by Crippen LogP contribution is 2.39. The summed E-state index contributed by atoms with van der Waals surface area (Å²) < 4.78 is 5.00. The maximum Gasteiger partial charge on any atom is 0.343 e. The first-order valence-electron chi connectivity index (χ1n) is 6.12. The first kappa shape index (κ1) is 15.5. The van der Waals surface area contributed by atoms with E-state index in [1.165, 1.54) is 11.3 Å². The number of nitrogens with two attached hydrogens (primary N) is 1. The van der Waals surface area contributed by atoms with Crippen molar-refractivity contribution in [2.75, 3.05) is 31.3 Å². The number of thiophene rings is 1. The molecular weight excluding hydrogens is 264 g/mol. The van der Waals surface area contributed by atoms with Crippen molar-refractivity contribution in [2.24, 2.45) is 5.92 Å². The number of hydrogen-bond donors (Lipinski definition) is 1. The smallest absolute Gasteiger partial charge is 0.343 e. The molecule has 0 bridgehead atoms. The van der Waals surface area contributed by atoms with Crippen LogP contribution in [-0.4, -0.2) is 32.5 Å². The summed E-state index contributed by atoms with van der Waals surface area (Å²) in [6.07, 6.45) is 0. The fourth-order valence-corrected chi connectivity index (χ4v) is 2.81. The molecule has 1 aromatic rings. The summed E-state index contributed by atoms with van der Waals surface area (Å²) in [5.41, 5.74) is 6.49. The van der Waals surface area contributed by atoms with E-state index in [1.54, 1.807) is 39.8 Å². The maximum absolute atomic E-state index is 12.1. The van der Waals surface area contributed by atoms with Crippen LogP contribution in [0.25, 0.3) is 0 Å². The number of Topliss-reactive ketones (excluding diaryl/α,β-unsaturated/α-hetero) is 1. The molecule has 0 fully saturated rings. The average molecular weight is 284 g/mol. The van der Waals surface area contributed by atoms with E-state index < -0.39 is 5.97 Å². The second-order valence-corrected chi connectivity index (χ2v) is 5.66. The van der Waals surface area contributed by atoms with E-state index in [0.717, 1.165) is 0 Å². The molecular formula is C13H20N2O3S. The number of carbonyl (C=O) groups is 2. The van der Waals surface area contributed by atoms with Crippen molar-refractivity contribution in [3.63, 3.8) is 0 Å². The minimum absolute atomic E-state index is 0.0545. The maximum atomic E-state index is 12.1. The summed E-state index contributed by atoms with van der Waals surface area (Å²) in [6.45, 7) is 5.62. The zero-order valence-electron chi connectivity index (χ0n) is 11.9. The van der Waals surface area contributed by atoms with Crippen molar-refractivity contribution < 1.29 is 14.3 Å². The molecule has 6 heteroatoms. The van der Waals surface area contributed by atoms with Gasteiger partial charge in [-0.1, -0.05) is 13.8 Å². The first-order valence-corrected chi connectivity index (χ1v) is 6.93. The average Bonchev–Trinajstić information content (AvgIpc) is 2.66. The standard InChI is InChI=1S/C13H20N2O3S/c1-6-18-13(17)8-9(14)11(10(16)7(2)3)19-12(8)15(4)5/h7H,6,14H2,1-5H3. The molecule has 1 aromatic heterocycles. The van der Waals surface area contributed by atoms with E-state index in [4.69, 9.17) is 10.5 Å². The zero-order chi connectivity index (χ0) is 14.7. The Morgan fingerprint density at radius 3 is 2.37 bits per heavy atom. The van der Waals surface area contributed by atoms with Gasteiger partial charge in [-0.3, -0.25) is 4.79 Å². The molecule has 5 nitrogen and oxygen atoms in total. The topological polar surface area (TPSA) is 72.6 Å². The van der Waals surface area contributed by atoms with Gasteiger partial charge in [0.15, 0.2) is 5.78 Å². The highest BCUT2D eigenvalue weighted by molar-refractivity contribution is 7.19. The van der Waals surface area contributed by atoms with Gasteiger partial charge in [0.2, 0.25) is 0 Å². The lowest BCUT2D eigenvalue weighted by Crippen LogP contribution is -2.14. The number of nitrogen functional groups attached to an aromatic ring is 1. The molecule has 2 N–H and O–H groups in total. The molecule has 1 heterocycles. The summed E-state index contributed by atoms with van der Waals surface area (Å²) in [7, 11) is 3.61. The lowest BCUT2D eigenvalue weighted by atomic mass is 10.1.